The predicted molar refractivity (Wildman–Crippen MR) is 111 cm³/mol. The standard InChI is InChI=1S/C22H17N2O3S.Zn/c1-28(25,26)24-19-15-9-8-14-18(19)22-23-20(16-10-4-2-5-11-16)21(27-22)17-12-6-3-7-13-17;/h2-15H,1H3;/q-1;. The van der Waals surface area contributed by atoms with Crippen LogP contribution < -0.4 is 0 Å². The SMILES string of the molecule is CS(=O)(=O)[N-]c1ccccc1-c1nc(-c2ccccc2)c(-c2ccccc2)o1.[Zn]. The summed E-state index contributed by atoms with van der Waals surface area (Å²) in [6.45, 7) is 0. The van der Waals surface area contributed by atoms with Crippen LogP contribution in [0.25, 0.3) is 38.8 Å². The molecule has 0 aliphatic heterocycles. The van der Waals surface area contributed by atoms with Crippen LogP contribution in [0.3, 0.4) is 0 Å². The summed E-state index contributed by atoms with van der Waals surface area (Å²) in [7, 11) is -3.56. The maximum atomic E-state index is 11.7. The van der Waals surface area contributed by atoms with Gasteiger partial charge in [-0.05, 0) is 0 Å². The molecule has 0 aliphatic rings. The van der Waals surface area contributed by atoms with Gasteiger partial charge in [0.25, 0.3) is 0 Å². The molecule has 1 aromatic heterocycles. The summed E-state index contributed by atoms with van der Waals surface area (Å²) >= 11 is 0. The van der Waals surface area contributed by atoms with Crippen molar-refractivity contribution in [2.75, 3.05) is 6.26 Å². The normalized spacial score (nSPS) is 10.9. The molecule has 0 unspecified atom stereocenters. The fourth-order valence-electron chi connectivity index (χ4n) is 2.92. The van der Waals surface area contributed by atoms with Crippen molar-refractivity contribution >= 4 is 15.7 Å². The first-order valence-corrected chi connectivity index (χ1v) is 10.5. The van der Waals surface area contributed by atoms with Crippen molar-refractivity contribution in [3.8, 4) is 34.0 Å². The van der Waals surface area contributed by atoms with Crippen molar-refractivity contribution in [1.29, 1.82) is 0 Å². The number of oxazole rings is 1. The Bertz CT molecular complexity index is 1150. The van der Waals surface area contributed by atoms with E-state index >= 15 is 0 Å². The van der Waals surface area contributed by atoms with E-state index in [2.05, 4.69) is 4.72 Å². The van der Waals surface area contributed by atoms with Gasteiger partial charge in [-0.2, -0.15) is 0 Å². The van der Waals surface area contributed by atoms with Gasteiger partial charge in [-0.1, -0.05) is 84.9 Å². The van der Waals surface area contributed by atoms with Gasteiger partial charge in [-0.3, -0.25) is 0 Å². The number of rotatable bonds is 5. The summed E-state index contributed by atoms with van der Waals surface area (Å²) in [5.41, 5.74) is 3.31. The Morgan fingerprint density at radius 3 is 1.97 bits per heavy atom. The van der Waals surface area contributed by atoms with Gasteiger partial charge in [0, 0.05) is 42.4 Å². The fourth-order valence-corrected chi connectivity index (χ4v) is 3.44. The largest absolute Gasteiger partial charge is 0.576 e. The zero-order valence-electron chi connectivity index (χ0n) is 15.8. The summed E-state index contributed by atoms with van der Waals surface area (Å²) in [5.74, 6) is 0.941. The Kier molecular flexibility index (Phi) is 6.31. The maximum absolute atomic E-state index is 11.7. The molecule has 0 aliphatic carbocycles. The molecule has 29 heavy (non-hydrogen) atoms. The molecule has 0 amide bonds. The topological polar surface area (TPSA) is 74.3 Å². The number of sulfonamides is 1. The van der Waals surface area contributed by atoms with E-state index in [0.29, 0.717) is 28.6 Å². The van der Waals surface area contributed by atoms with E-state index < -0.39 is 10.0 Å². The minimum absolute atomic E-state index is 0. The Labute approximate surface area is 182 Å². The third kappa shape index (κ3) is 4.81. The van der Waals surface area contributed by atoms with Crippen LogP contribution in [0.1, 0.15) is 0 Å². The fraction of sp³-hybridized carbons (Fsp3) is 0.0455. The molecular formula is C22H17N2O3SZn-. The quantitative estimate of drug-likeness (QED) is 0.366. The first-order valence-electron chi connectivity index (χ1n) is 8.65. The average Bonchev–Trinajstić information content (AvgIpc) is 3.14. The van der Waals surface area contributed by atoms with E-state index in [4.69, 9.17) is 9.40 Å². The summed E-state index contributed by atoms with van der Waals surface area (Å²) in [5, 5.41) is 0. The Balaban J connectivity index is 0.00000240. The number of hydrogen-bond donors (Lipinski definition) is 0. The zero-order chi connectivity index (χ0) is 19.6. The number of hydrogen-bond acceptors (Lipinski definition) is 4. The average molecular weight is 455 g/mol. The third-order valence-electron chi connectivity index (χ3n) is 4.11. The monoisotopic (exact) mass is 453 g/mol. The van der Waals surface area contributed by atoms with E-state index in [0.717, 1.165) is 17.4 Å². The molecule has 142 valence electrons. The molecule has 0 fully saturated rings. The maximum Gasteiger partial charge on any atom is 0.226 e. The van der Waals surface area contributed by atoms with Crippen LogP contribution in [-0.2, 0) is 29.5 Å². The number of nitrogens with zero attached hydrogens (tertiary/aromatic N) is 2. The predicted octanol–water partition coefficient (Wildman–Crippen LogP) is 5.64. The molecule has 0 saturated heterocycles. The molecule has 1 heterocycles. The van der Waals surface area contributed by atoms with Crippen LogP contribution in [0.15, 0.2) is 89.3 Å². The van der Waals surface area contributed by atoms with Crippen LogP contribution in [0.5, 0.6) is 0 Å². The van der Waals surface area contributed by atoms with Crippen molar-refractivity contribution in [3.63, 3.8) is 0 Å². The van der Waals surface area contributed by atoms with Crippen LogP contribution in [0, 0.1) is 0 Å². The Morgan fingerprint density at radius 1 is 0.793 bits per heavy atom. The van der Waals surface area contributed by atoms with Gasteiger partial charge < -0.3 is 9.14 Å². The molecule has 4 rings (SSSR count). The molecule has 5 nitrogen and oxygen atoms in total. The zero-order valence-corrected chi connectivity index (χ0v) is 19.6. The second-order valence-corrected chi connectivity index (χ2v) is 7.92. The van der Waals surface area contributed by atoms with Gasteiger partial charge in [0.15, 0.2) is 5.76 Å². The van der Waals surface area contributed by atoms with E-state index in [-0.39, 0.29) is 19.5 Å². The first-order chi connectivity index (χ1) is 13.5. The van der Waals surface area contributed by atoms with Gasteiger partial charge in [0.2, 0.25) is 5.89 Å². The van der Waals surface area contributed by atoms with Crippen molar-refractivity contribution in [2.45, 2.75) is 0 Å². The minimum Gasteiger partial charge on any atom is -0.576 e. The molecule has 0 saturated carbocycles. The van der Waals surface area contributed by atoms with Crippen molar-refractivity contribution in [3.05, 3.63) is 89.7 Å². The van der Waals surface area contributed by atoms with E-state index in [1.165, 1.54) is 0 Å². The summed E-state index contributed by atoms with van der Waals surface area (Å²) < 4.78 is 33.3. The van der Waals surface area contributed by atoms with E-state index in [1.807, 2.05) is 60.7 Å². The summed E-state index contributed by atoms with van der Waals surface area (Å²) in [4.78, 5) is 4.70. The second kappa shape index (κ2) is 8.72. The van der Waals surface area contributed by atoms with Crippen LogP contribution >= 0.6 is 0 Å². The summed E-state index contributed by atoms with van der Waals surface area (Å²) in [6, 6.07) is 26.3. The van der Waals surface area contributed by atoms with Gasteiger partial charge in [-0.25, -0.2) is 13.4 Å². The smallest absolute Gasteiger partial charge is 0.226 e. The molecule has 0 bridgehead atoms. The Morgan fingerprint density at radius 2 is 1.34 bits per heavy atom. The molecule has 7 heteroatoms. The minimum atomic E-state index is -3.56. The van der Waals surface area contributed by atoms with Gasteiger partial charge in [0.05, 0.1) is 10.0 Å². The van der Waals surface area contributed by atoms with E-state index in [1.54, 1.807) is 24.3 Å². The van der Waals surface area contributed by atoms with Crippen molar-refractivity contribution in [2.24, 2.45) is 0 Å². The molecule has 0 radical (unpaired) electrons. The Hall–Kier alpha value is -2.76. The van der Waals surface area contributed by atoms with Crippen LogP contribution in [0.2, 0.25) is 0 Å². The molecule has 0 atom stereocenters. The molecular weight excluding hydrogens is 438 g/mol. The molecule has 0 N–H and O–H groups in total. The second-order valence-electron chi connectivity index (χ2n) is 6.27. The van der Waals surface area contributed by atoms with E-state index in [9.17, 15) is 8.42 Å². The van der Waals surface area contributed by atoms with Gasteiger partial charge >= 0.3 is 0 Å². The third-order valence-corrected chi connectivity index (χ3v) is 4.64. The molecule has 3 aromatic carbocycles. The first kappa shape index (κ1) is 21.0. The molecule has 4 aromatic rings. The summed E-state index contributed by atoms with van der Waals surface area (Å²) in [6.07, 6.45) is 1.06. The number of benzene rings is 3. The van der Waals surface area contributed by atoms with Crippen LogP contribution in [-0.4, -0.2) is 19.7 Å². The number of aromatic nitrogens is 1. The van der Waals surface area contributed by atoms with Crippen molar-refractivity contribution in [1.82, 2.24) is 4.98 Å². The van der Waals surface area contributed by atoms with Gasteiger partial charge in [-0.15, -0.1) is 5.69 Å². The van der Waals surface area contributed by atoms with Crippen LogP contribution in [0.4, 0.5) is 5.69 Å². The van der Waals surface area contributed by atoms with Gasteiger partial charge in [0.1, 0.15) is 5.69 Å². The molecule has 0 spiro atoms. The van der Waals surface area contributed by atoms with Crippen molar-refractivity contribution < 1.29 is 32.3 Å².